The van der Waals surface area contributed by atoms with Crippen LogP contribution in [-0.4, -0.2) is 54.9 Å². The van der Waals surface area contributed by atoms with E-state index in [1.54, 1.807) is 17.2 Å². The van der Waals surface area contributed by atoms with Crippen LogP contribution in [0.25, 0.3) is 0 Å². The fraction of sp³-hybridized carbons (Fsp3) is 0.400. The predicted octanol–water partition coefficient (Wildman–Crippen LogP) is 2.16. The number of hydrogen-bond acceptors (Lipinski definition) is 5. The monoisotopic (exact) mass is 387 g/mol. The molecule has 1 aromatic rings. The van der Waals surface area contributed by atoms with E-state index in [4.69, 9.17) is 0 Å². The highest BCUT2D eigenvalue weighted by atomic mass is 19.1. The number of rotatable bonds is 3. The number of aliphatic imine (C=N–C) groups is 1. The smallest absolute Gasteiger partial charge is 0.258 e. The summed E-state index contributed by atoms with van der Waals surface area (Å²) in [5, 5.41) is 5.92. The Kier molecular flexibility index (Phi) is 4.89. The minimum absolute atomic E-state index is 0.0156. The average molecular weight is 387 g/mol. The van der Waals surface area contributed by atoms with E-state index in [2.05, 4.69) is 27.4 Å². The number of amides is 1. The molecule has 1 saturated heterocycles. The van der Waals surface area contributed by atoms with Crippen LogP contribution in [0.3, 0.4) is 0 Å². The first-order chi connectivity index (χ1) is 13.4. The number of nitrogens with zero attached hydrogens (tertiary/aromatic N) is 3. The number of nitrogens with one attached hydrogen (secondary N) is 2. The maximum Gasteiger partial charge on any atom is 0.258 e. The van der Waals surface area contributed by atoms with Crippen molar-refractivity contribution in [3.05, 3.63) is 53.4 Å². The summed E-state index contributed by atoms with van der Waals surface area (Å²) in [5.74, 6) is -1.45. The van der Waals surface area contributed by atoms with E-state index in [1.807, 2.05) is 6.92 Å². The van der Waals surface area contributed by atoms with Gasteiger partial charge >= 0.3 is 0 Å². The lowest BCUT2D eigenvalue weighted by molar-refractivity contribution is 0.0962. The third-order valence-corrected chi connectivity index (χ3v) is 5.06. The fourth-order valence-electron chi connectivity index (χ4n) is 3.73. The first-order valence-corrected chi connectivity index (χ1v) is 9.44. The van der Waals surface area contributed by atoms with Crippen molar-refractivity contribution in [2.75, 3.05) is 31.1 Å². The van der Waals surface area contributed by atoms with E-state index in [0.717, 1.165) is 25.3 Å². The minimum atomic E-state index is -0.610. The van der Waals surface area contributed by atoms with Gasteiger partial charge < -0.3 is 20.4 Å². The van der Waals surface area contributed by atoms with E-state index in [-0.39, 0.29) is 23.1 Å². The number of halogens is 2. The van der Waals surface area contributed by atoms with Gasteiger partial charge in [-0.2, -0.15) is 0 Å². The zero-order valence-corrected chi connectivity index (χ0v) is 15.9. The number of anilines is 1. The zero-order chi connectivity index (χ0) is 19.8. The van der Waals surface area contributed by atoms with Crippen molar-refractivity contribution in [3.8, 4) is 0 Å². The summed E-state index contributed by atoms with van der Waals surface area (Å²) in [6.07, 6.45) is 2.83. The molecular weight excluding hydrogens is 364 g/mol. The molecule has 0 aliphatic carbocycles. The maximum atomic E-state index is 14.6. The Balaban J connectivity index is 1.48. The molecule has 1 unspecified atom stereocenters. The van der Waals surface area contributed by atoms with Crippen LogP contribution in [0, 0.1) is 5.82 Å². The molecule has 6 nitrogen and oxygen atoms in total. The Bertz CT molecular complexity index is 895. The summed E-state index contributed by atoms with van der Waals surface area (Å²) in [6, 6.07) is 4.90. The Morgan fingerprint density at radius 2 is 2.11 bits per heavy atom. The van der Waals surface area contributed by atoms with Crippen LogP contribution in [0.2, 0.25) is 0 Å². The lowest BCUT2D eigenvalue weighted by atomic mass is 10.1. The van der Waals surface area contributed by atoms with Gasteiger partial charge in [0.2, 0.25) is 0 Å². The van der Waals surface area contributed by atoms with Gasteiger partial charge in [0.15, 0.2) is 11.7 Å². The minimum Gasteiger partial charge on any atom is -0.369 e. The zero-order valence-electron chi connectivity index (χ0n) is 15.9. The molecule has 0 saturated carbocycles. The lowest BCUT2D eigenvalue weighted by Gasteiger charge is -2.33. The molecule has 2 N–H and O–H groups in total. The molecule has 1 amide bonds. The molecule has 148 valence electrons. The van der Waals surface area contributed by atoms with Crippen molar-refractivity contribution in [1.29, 1.82) is 0 Å². The third kappa shape index (κ3) is 3.64. The second kappa shape index (κ2) is 7.35. The van der Waals surface area contributed by atoms with E-state index >= 15 is 0 Å². The van der Waals surface area contributed by atoms with Gasteiger partial charge in [0.1, 0.15) is 5.82 Å². The highest BCUT2D eigenvalue weighted by molar-refractivity contribution is 6.01. The topological polar surface area (TPSA) is 60.0 Å². The van der Waals surface area contributed by atoms with Crippen molar-refractivity contribution >= 4 is 17.4 Å². The summed E-state index contributed by atoms with van der Waals surface area (Å²) < 4.78 is 28.8. The summed E-state index contributed by atoms with van der Waals surface area (Å²) in [4.78, 5) is 20.5. The summed E-state index contributed by atoms with van der Waals surface area (Å²) in [6.45, 7) is 6.90. The van der Waals surface area contributed by atoms with Crippen LogP contribution in [0.1, 0.15) is 24.2 Å². The number of amidine groups is 1. The molecular formula is C20H23F2N5O. The molecule has 1 aromatic carbocycles. The van der Waals surface area contributed by atoms with Gasteiger partial charge in [-0.25, -0.2) is 8.78 Å². The van der Waals surface area contributed by atoms with Gasteiger partial charge in [-0.15, -0.1) is 0 Å². The molecule has 0 bridgehead atoms. The first-order valence-electron chi connectivity index (χ1n) is 9.44. The molecule has 2 atom stereocenters. The number of allylic oxidation sites excluding steroid dienone is 1. The molecule has 1 fully saturated rings. The second-order valence-electron chi connectivity index (χ2n) is 7.45. The SMILES string of the molecule is CC1CN2C=C(NC(=O)c3ccc(N4CCN[C@H](C)C4)cc3F)C=C(F)C2=N1. The number of hydrogen-bond donors (Lipinski definition) is 2. The van der Waals surface area contributed by atoms with E-state index in [1.165, 1.54) is 18.2 Å². The third-order valence-electron chi connectivity index (χ3n) is 5.06. The van der Waals surface area contributed by atoms with Crippen LogP contribution in [0.5, 0.6) is 0 Å². The number of benzene rings is 1. The maximum absolute atomic E-state index is 14.6. The molecule has 3 aliphatic rings. The molecule has 0 aromatic heterocycles. The van der Waals surface area contributed by atoms with Crippen LogP contribution >= 0.6 is 0 Å². The molecule has 0 radical (unpaired) electrons. The second-order valence-corrected chi connectivity index (χ2v) is 7.45. The highest BCUT2D eigenvalue weighted by Crippen LogP contribution is 2.23. The van der Waals surface area contributed by atoms with Gasteiger partial charge in [-0.05, 0) is 32.0 Å². The largest absolute Gasteiger partial charge is 0.369 e. The Labute approximate surface area is 162 Å². The highest BCUT2D eigenvalue weighted by Gasteiger charge is 2.28. The predicted molar refractivity (Wildman–Crippen MR) is 104 cm³/mol. The normalized spacial score (nSPS) is 24.4. The van der Waals surface area contributed by atoms with Crippen LogP contribution in [-0.2, 0) is 0 Å². The van der Waals surface area contributed by atoms with Crippen LogP contribution < -0.4 is 15.5 Å². The van der Waals surface area contributed by atoms with Crippen LogP contribution in [0.15, 0.2) is 47.0 Å². The van der Waals surface area contributed by atoms with Gasteiger partial charge in [0.25, 0.3) is 5.91 Å². The van der Waals surface area contributed by atoms with Crippen LogP contribution in [0.4, 0.5) is 14.5 Å². The van der Waals surface area contributed by atoms with Gasteiger partial charge in [0.05, 0.1) is 17.3 Å². The number of carbonyl (C=O) groups excluding carboxylic acids is 1. The molecule has 28 heavy (non-hydrogen) atoms. The van der Waals surface area contributed by atoms with E-state index < -0.39 is 17.6 Å². The molecule has 3 aliphatic heterocycles. The quantitative estimate of drug-likeness (QED) is 0.835. The average Bonchev–Trinajstić information content (AvgIpc) is 3.02. The van der Waals surface area contributed by atoms with Gasteiger partial charge in [0, 0.05) is 50.2 Å². The summed E-state index contributed by atoms with van der Waals surface area (Å²) in [5.41, 5.74) is 0.947. The molecule has 0 spiro atoms. The Morgan fingerprint density at radius 3 is 2.86 bits per heavy atom. The Morgan fingerprint density at radius 1 is 1.29 bits per heavy atom. The fourth-order valence-corrected chi connectivity index (χ4v) is 3.73. The van der Waals surface area contributed by atoms with E-state index in [0.29, 0.717) is 12.6 Å². The molecule has 8 heteroatoms. The van der Waals surface area contributed by atoms with Gasteiger partial charge in [-0.3, -0.25) is 9.79 Å². The molecule has 4 rings (SSSR count). The summed E-state index contributed by atoms with van der Waals surface area (Å²) in [7, 11) is 0. The summed E-state index contributed by atoms with van der Waals surface area (Å²) >= 11 is 0. The Hall–Kier alpha value is -2.74. The van der Waals surface area contributed by atoms with Crippen molar-refractivity contribution in [2.45, 2.75) is 25.9 Å². The van der Waals surface area contributed by atoms with Crippen molar-refractivity contribution < 1.29 is 13.6 Å². The van der Waals surface area contributed by atoms with Gasteiger partial charge in [-0.1, -0.05) is 0 Å². The number of carbonyl (C=O) groups is 1. The van der Waals surface area contributed by atoms with E-state index in [9.17, 15) is 13.6 Å². The van der Waals surface area contributed by atoms with Crippen molar-refractivity contribution in [2.24, 2.45) is 4.99 Å². The van der Waals surface area contributed by atoms with Crippen molar-refractivity contribution in [3.63, 3.8) is 0 Å². The number of fused-ring (bicyclic) bond motifs is 1. The standard InChI is InChI=1S/C20H23F2N5O/c1-12-9-26(6-5-23-12)15-3-4-16(17(21)8-15)20(28)25-14-7-18(22)19-24-13(2)10-27(19)11-14/h3-4,7-8,11-13,23H,5-6,9-10H2,1-2H3,(H,25,28)/t12-,13?/m1/s1. The lowest BCUT2D eigenvalue weighted by Crippen LogP contribution is -2.49. The number of piperazine rings is 1. The van der Waals surface area contributed by atoms with Crippen molar-refractivity contribution in [1.82, 2.24) is 15.5 Å². The molecule has 3 heterocycles. The first kappa shape index (κ1) is 18.6.